The molecule has 1 heterocycles. The highest BCUT2D eigenvalue weighted by Crippen LogP contribution is 2.35. The molecule has 0 saturated heterocycles. The van der Waals surface area contributed by atoms with Gasteiger partial charge in [-0.05, 0) is 37.3 Å². The van der Waals surface area contributed by atoms with Gasteiger partial charge >= 0.3 is 0 Å². The van der Waals surface area contributed by atoms with Gasteiger partial charge in [0.25, 0.3) is 0 Å². The minimum absolute atomic E-state index is 0.398. The maximum atomic E-state index is 10.4. The van der Waals surface area contributed by atoms with E-state index in [0.29, 0.717) is 19.1 Å². The van der Waals surface area contributed by atoms with Crippen molar-refractivity contribution in [2.75, 3.05) is 6.54 Å². The number of benzene rings is 1. The number of aromatic nitrogens is 2. The summed E-state index contributed by atoms with van der Waals surface area (Å²) < 4.78 is 1.80. The first-order valence-corrected chi connectivity index (χ1v) is 8.16. The Bertz CT molecular complexity index is 551. The maximum Gasteiger partial charge on any atom is 0.0862 e. The second kappa shape index (κ2) is 7.07. The summed E-state index contributed by atoms with van der Waals surface area (Å²) in [7, 11) is 0. The third kappa shape index (κ3) is 4.18. The standard InChI is InChI=1S/C18H25N3O/c1-15(17-8-9-17)20(12-16-6-3-2-4-7-16)13-18(22)14-21-11-5-10-19-21/h2-7,10-11,15,17-18,22H,8-9,12-14H2,1H3/t15-,18+/m1/s1. The third-order valence-corrected chi connectivity index (χ3v) is 4.51. The Labute approximate surface area is 132 Å². The third-order valence-electron chi connectivity index (χ3n) is 4.51. The second-order valence-electron chi connectivity index (χ2n) is 6.38. The molecule has 0 amide bonds. The lowest BCUT2D eigenvalue weighted by Gasteiger charge is -2.31. The molecule has 2 aromatic rings. The molecule has 0 unspecified atom stereocenters. The van der Waals surface area contributed by atoms with E-state index in [9.17, 15) is 5.11 Å². The molecule has 3 rings (SSSR count). The van der Waals surface area contributed by atoms with Crippen molar-refractivity contribution in [1.82, 2.24) is 14.7 Å². The van der Waals surface area contributed by atoms with Crippen LogP contribution in [-0.4, -0.2) is 38.5 Å². The lowest BCUT2D eigenvalue weighted by atomic mass is 10.1. The quantitative estimate of drug-likeness (QED) is 0.814. The molecule has 0 spiro atoms. The van der Waals surface area contributed by atoms with Crippen molar-refractivity contribution in [2.24, 2.45) is 5.92 Å². The first-order chi connectivity index (χ1) is 10.7. The lowest BCUT2D eigenvalue weighted by molar-refractivity contribution is 0.0667. The van der Waals surface area contributed by atoms with Gasteiger partial charge in [-0.15, -0.1) is 0 Å². The van der Waals surface area contributed by atoms with Crippen LogP contribution in [-0.2, 0) is 13.1 Å². The van der Waals surface area contributed by atoms with E-state index in [1.807, 2.05) is 18.3 Å². The van der Waals surface area contributed by atoms with Crippen LogP contribution in [0.15, 0.2) is 48.8 Å². The molecule has 4 heteroatoms. The Morgan fingerprint density at radius 2 is 2.05 bits per heavy atom. The van der Waals surface area contributed by atoms with Crippen molar-refractivity contribution < 1.29 is 5.11 Å². The molecular weight excluding hydrogens is 274 g/mol. The molecule has 22 heavy (non-hydrogen) atoms. The van der Waals surface area contributed by atoms with E-state index in [2.05, 4.69) is 41.2 Å². The van der Waals surface area contributed by atoms with Crippen LogP contribution >= 0.6 is 0 Å². The highest BCUT2D eigenvalue weighted by molar-refractivity contribution is 5.14. The summed E-state index contributed by atoms with van der Waals surface area (Å²) in [5, 5.41) is 14.6. The Hall–Kier alpha value is -1.65. The van der Waals surface area contributed by atoms with Gasteiger partial charge in [-0.25, -0.2) is 0 Å². The van der Waals surface area contributed by atoms with Gasteiger partial charge in [-0.3, -0.25) is 9.58 Å². The number of aliphatic hydroxyl groups is 1. The Balaban J connectivity index is 1.62. The molecule has 2 atom stereocenters. The first-order valence-electron chi connectivity index (χ1n) is 8.16. The molecule has 4 nitrogen and oxygen atoms in total. The van der Waals surface area contributed by atoms with E-state index in [0.717, 1.165) is 12.5 Å². The predicted molar refractivity (Wildman–Crippen MR) is 87.3 cm³/mol. The zero-order valence-corrected chi connectivity index (χ0v) is 13.2. The molecule has 0 radical (unpaired) electrons. The molecule has 1 fully saturated rings. The van der Waals surface area contributed by atoms with Gasteiger partial charge in [0.1, 0.15) is 0 Å². The van der Waals surface area contributed by atoms with Crippen LogP contribution in [0.3, 0.4) is 0 Å². The summed E-state index contributed by atoms with van der Waals surface area (Å²) in [5.74, 6) is 0.792. The highest BCUT2D eigenvalue weighted by Gasteiger charge is 2.32. The van der Waals surface area contributed by atoms with Crippen molar-refractivity contribution in [3.63, 3.8) is 0 Å². The van der Waals surface area contributed by atoms with Crippen molar-refractivity contribution in [2.45, 2.75) is 45.0 Å². The number of aliphatic hydroxyl groups excluding tert-OH is 1. The summed E-state index contributed by atoms with van der Waals surface area (Å²) >= 11 is 0. The average molecular weight is 299 g/mol. The smallest absolute Gasteiger partial charge is 0.0862 e. The Kier molecular flexibility index (Phi) is 4.90. The molecule has 1 aliphatic rings. The summed E-state index contributed by atoms with van der Waals surface area (Å²) in [4.78, 5) is 2.42. The monoisotopic (exact) mass is 299 g/mol. The van der Waals surface area contributed by atoms with Crippen LogP contribution in [0.25, 0.3) is 0 Å². The zero-order chi connectivity index (χ0) is 15.4. The molecule has 1 saturated carbocycles. The van der Waals surface area contributed by atoms with Gasteiger partial charge in [-0.2, -0.15) is 5.10 Å². The predicted octanol–water partition coefficient (Wildman–Crippen LogP) is 2.54. The van der Waals surface area contributed by atoms with Crippen LogP contribution in [0.5, 0.6) is 0 Å². The van der Waals surface area contributed by atoms with Crippen LogP contribution in [0, 0.1) is 5.92 Å². The fourth-order valence-corrected chi connectivity index (χ4v) is 3.02. The molecule has 1 aromatic heterocycles. The minimum atomic E-state index is -0.398. The van der Waals surface area contributed by atoms with E-state index >= 15 is 0 Å². The highest BCUT2D eigenvalue weighted by atomic mass is 16.3. The molecule has 118 valence electrons. The van der Waals surface area contributed by atoms with E-state index in [-0.39, 0.29) is 0 Å². The van der Waals surface area contributed by atoms with E-state index in [1.165, 1.54) is 18.4 Å². The molecule has 0 aliphatic heterocycles. The first kappa shape index (κ1) is 15.3. The summed E-state index contributed by atoms with van der Waals surface area (Å²) in [5.41, 5.74) is 1.31. The molecule has 0 bridgehead atoms. The average Bonchev–Trinajstić information content (AvgIpc) is 3.25. The topological polar surface area (TPSA) is 41.3 Å². The Morgan fingerprint density at radius 3 is 2.68 bits per heavy atom. The summed E-state index contributed by atoms with van der Waals surface area (Å²) in [6, 6.07) is 12.9. The Morgan fingerprint density at radius 1 is 1.27 bits per heavy atom. The van der Waals surface area contributed by atoms with Gasteiger partial charge in [0.2, 0.25) is 0 Å². The number of hydrogen-bond donors (Lipinski definition) is 1. The van der Waals surface area contributed by atoms with E-state index < -0.39 is 6.10 Å². The fraction of sp³-hybridized carbons (Fsp3) is 0.500. The molecule has 1 aliphatic carbocycles. The normalized spacial score (nSPS) is 17.6. The van der Waals surface area contributed by atoms with Crippen LogP contribution < -0.4 is 0 Å². The van der Waals surface area contributed by atoms with Gasteiger partial charge in [0.05, 0.1) is 12.6 Å². The SMILES string of the molecule is C[C@H](C1CC1)N(Cc1ccccc1)C[C@H](O)Cn1cccn1. The number of nitrogens with zero attached hydrogens (tertiary/aromatic N) is 3. The summed E-state index contributed by atoms with van der Waals surface area (Å²) in [6.45, 7) is 4.43. The molecular formula is C18H25N3O. The van der Waals surface area contributed by atoms with Crippen LogP contribution in [0.1, 0.15) is 25.3 Å². The minimum Gasteiger partial charge on any atom is -0.390 e. The van der Waals surface area contributed by atoms with Gasteiger partial charge in [0.15, 0.2) is 0 Å². The fourth-order valence-electron chi connectivity index (χ4n) is 3.02. The maximum absolute atomic E-state index is 10.4. The number of hydrogen-bond acceptors (Lipinski definition) is 3. The van der Waals surface area contributed by atoms with Crippen LogP contribution in [0.4, 0.5) is 0 Å². The lowest BCUT2D eigenvalue weighted by Crippen LogP contribution is -2.41. The van der Waals surface area contributed by atoms with Crippen molar-refractivity contribution in [1.29, 1.82) is 0 Å². The van der Waals surface area contributed by atoms with Crippen molar-refractivity contribution >= 4 is 0 Å². The summed E-state index contributed by atoms with van der Waals surface area (Å²) in [6.07, 6.45) is 5.89. The van der Waals surface area contributed by atoms with Gasteiger partial charge in [0, 0.05) is 31.5 Å². The largest absolute Gasteiger partial charge is 0.390 e. The van der Waals surface area contributed by atoms with Crippen molar-refractivity contribution in [3.05, 3.63) is 54.4 Å². The zero-order valence-electron chi connectivity index (χ0n) is 13.2. The van der Waals surface area contributed by atoms with Crippen molar-refractivity contribution in [3.8, 4) is 0 Å². The molecule has 1 N–H and O–H groups in total. The van der Waals surface area contributed by atoms with E-state index in [1.54, 1.807) is 10.9 Å². The van der Waals surface area contributed by atoms with Crippen LogP contribution in [0.2, 0.25) is 0 Å². The van der Waals surface area contributed by atoms with Gasteiger partial charge < -0.3 is 5.11 Å². The molecule has 1 aromatic carbocycles. The van der Waals surface area contributed by atoms with Gasteiger partial charge in [-0.1, -0.05) is 30.3 Å². The number of rotatable bonds is 8. The van der Waals surface area contributed by atoms with E-state index in [4.69, 9.17) is 0 Å². The second-order valence-corrected chi connectivity index (χ2v) is 6.38.